The second-order valence-electron chi connectivity index (χ2n) is 4.94. The predicted molar refractivity (Wildman–Crippen MR) is 84.5 cm³/mol. The number of aromatic nitrogens is 2. The third-order valence-electron chi connectivity index (χ3n) is 3.47. The van der Waals surface area contributed by atoms with E-state index in [-0.39, 0.29) is 0 Å². The normalized spacial score (nSPS) is 10.4. The fourth-order valence-electron chi connectivity index (χ4n) is 2.28. The summed E-state index contributed by atoms with van der Waals surface area (Å²) < 4.78 is 7.46. The molecule has 0 spiro atoms. The molecule has 0 aliphatic heterocycles. The second-order valence-corrected chi connectivity index (χ2v) is 4.94. The largest absolute Gasteiger partial charge is 0.471 e. The Morgan fingerprint density at radius 3 is 2.32 bits per heavy atom. The maximum absolute atomic E-state index is 11.4. The maximum atomic E-state index is 11.4. The van der Waals surface area contributed by atoms with Crippen LogP contribution in [-0.4, -0.2) is 16.1 Å². The molecular weight excluding hydrogens is 276 g/mol. The van der Waals surface area contributed by atoms with E-state index < -0.39 is 0 Å². The van der Waals surface area contributed by atoms with Crippen LogP contribution in [0.3, 0.4) is 0 Å². The van der Waals surface area contributed by atoms with Gasteiger partial charge in [-0.3, -0.25) is 4.79 Å². The zero-order valence-corrected chi connectivity index (χ0v) is 12.3. The van der Waals surface area contributed by atoms with Crippen LogP contribution in [-0.2, 0) is 6.61 Å². The van der Waals surface area contributed by atoms with Gasteiger partial charge in [-0.15, -0.1) is 5.10 Å². The molecule has 0 atom stereocenters. The van der Waals surface area contributed by atoms with Gasteiger partial charge in [0.2, 0.25) is 5.88 Å². The Morgan fingerprint density at radius 2 is 1.68 bits per heavy atom. The Hall–Kier alpha value is -2.88. The molecule has 0 radical (unpaired) electrons. The van der Waals surface area contributed by atoms with Crippen LogP contribution >= 0.6 is 0 Å². The van der Waals surface area contributed by atoms with E-state index in [0.29, 0.717) is 18.1 Å². The van der Waals surface area contributed by atoms with Gasteiger partial charge >= 0.3 is 0 Å². The van der Waals surface area contributed by atoms with Crippen molar-refractivity contribution in [3.8, 4) is 11.6 Å². The van der Waals surface area contributed by atoms with Gasteiger partial charge < -0.3 is 4.74 Å². The van der Waals surface area contributed by atoms with E-state index >= 15 is 0 Å². The summed E-state index contributed by atoms with van der Waals surface area (Å²) in [6.07, 6.45) is 0.794. The first-order valence-electron chi connectivity index (χ1n) is 7.06. The van der Waals surface area contributed by atoms with Gasteiger partial charge in [-0.05, 0) is 24.6 Å². The first kappa shape index (κ1) is 14.1. The number of aldehydes is 1. The quantitative estimate of drug-likeness (QED) is 0.675. The van der Waals surface area contributed by atoms with Gasteiger partial charge in [0.1, 0.15) is 6.61 Å². The molecule has 2 aromatic carbocycles. The van der Waals surface area contributed by atoms with Crippen LogP contribution in [0.25, 0.3) is 5.69 Å². The van der Waals surface area contributed by atoms with Gasteiger partial charge in [0.15, 0.2) is 6.29 Å². The van der Waals surface area contributed by atoms with Crippen molar-refractivity contribution < 1.29 is 9.53 Å². The van der Waals surface area contributed by atoms with Crippen LogP contribution in [0.4, 0.5) is 0 Å². The lowest BCUT2D eigenvalue weighted by Crippen LogP contribution is -1.99. The molecule has 0 aliphatic rings. The lowest BCUT2D eigenvalue weighted by Gasteiger charge is -2.03. The Bertz CT molecular complexity index is 765. The van der Waals surface area contributed by atoms with Crippen molar-refractivity contribution in [3.63, 3.8) is 0 Å². The van der Waals surface area contributed by atoms with Crippen LogP contribution < -0.4 is 4.74 Å². The van der Waals surface area contributed by atoms with Crippen molar-refractivity contribution in [1.29, 1.82) is 0 Å². The fourth-order valence-corrected chi connectivity index (χ4v) is 2.28. The average Bonchev–Trinajstić information content (AvgIpc) is 2.90. The third kappa shape index (κ3) is 2.76. The summed E-state index contributed by atoms with van der Waals surface area (Å²) in [6.45, 7) is 2.24. The molecule has 1 heterocycles. The van der Waals surface area contributed by atoms with Crippen LogP contribution in [0.1, 0.15) is 21.6 Å². The highest BCUT2D eigenvalue weighted by molar-refractivity contribution is 5.80. The molecule has 0 aliphatic carbocycles. The molecule has 3 aromatic rings. The van der Waals surface area contributed by atoms with Crippen molar-refractivity contribution >= 4 is 6.29 Å². The molecule has 0 amide bonds. The number of para-hydroxylation sites is 1. The number of carbonyl (C=O) groups excluding carboxylic acids is 1. The van der Waals surface area contributed by atoms with Crippen LogP contribution in [0.5, 0.6) is 5.88 Å². The first-order chi connectivity index (χ1) is 10.8. The number of rotatable bonds is 5. The number of nitrogens with zero attached hydrogens (tertiary/aromatic N) is 2. The lowest BCUT2D eigenvalue weighted by atomic mass is 10.2. The molecular formula is C18H16N2O2. The lowest BCUT2D eigenvalue weighted by molar-refractivity contribution is 0.111. The monoisotopic (exact) mass is 292 g/mol. The number of benzene rings is 2. The molecule has 3 rings (SSSR count). The van der Waals surface area contributed by atoms with E-state index in [9.17, 15) is 4.79 Å². The van der Waals surface area contributed by atoms with E-state index in [2.05, 4.69) is 5.10 Å². The fraction of sp³-hybridized carbons (Fsp3) is 0.111. The highest BCUT2D eigenvalue weighted by Crippen LogP contribution is 2.23. The minimum atomic E-state index is 0.361. The Labute approximate surface area is 129 Å². The van der Waals surface area contributed by atoms with Crippen LogP contribution in [0, 0.1) is 6.92 Å². The minimum Gasteiger partial charge on any atom is -0.471 e. The molecule has 110 valence electrons. The van der Waals surface area contributed by atoms with Crippen molar-refractivity contribution in [2.24, 2.45) is 0 Å². The molecule has 0 saturated carbocycles. The summed E-state index contributed by atoms with van der Waals surface area (Å²) in [6, 6.07) is 19.5. The average molecular weight is 292 g/mol. The molecule has 22 heavy (non-hydrogen) atoms. The van der Waals surface area contributed by atoms with Crippen molar-refractivity contribution in [2.75, 3.05) is 0 Å². The van der Waals surface area contributed by atoms with Gasteiger partial charge in [0.05, 0.1) is 16.9 Å². The smallest absolute Gasteiger partial charge is 0.244 e. The third-order valence-corrected chi connectivity index (χ3v) is 3.47. The SMILES string of the molecule is Cc1c(C=O)c(OCc2ccccc2)nn1-c1ccccc1. The van der Waals surface area contributed by atoms with Gasteiger partial charge in [-0.1, -0.05) is 48.5 Å². The van der Waals surface area contributed by atoms with Gasteiger partial charge in [0, 0.05) is 0 Å². The summed E-state index contributed by atoms with van der Waals surface area (Å²) >= 11 is 0. The summed E-state index contributed by atoms with van der Waals surface area (Å²) in [7, 11) is 0. The van der Waals surface area contributed by atoms with E-state index in [0.717, 1.165) is 23.2 Å². The number of hydrogen-bond donors (Lipinski definition) is 0. The molecule has 4 nitrogen and oxygen atoms in total. The van der Waals surface area contributed by atoms with Gasteiger partial charge in [0.25, 0.3) is 0 Å². The molecule has 0 unspecified atom stereocenters. The minimum absolute atomic E-state index is 0.361. The van der Waals surface area contributed by atoms with Gasteiger partial charge in [-0.2, -0.15) is 0 Å². The van der Waals surface area contributed by atoms with Crippen LogP contribution in [0.2, 0.25) is 0 Å². The Balaban J connectivity index is 1.90. The molecule has 0 saturated heterocycles. The number of ether oxygens (including phenoxy) is 1. The van der Waals surface area contributed by atoms with E-state index in [1.165, 1.54) is 0 Å². The molecule has 0 fully saturated rings. The molecule has 1 aromatic heterocycles. The Morgan fingerprint density at radius 1 is 1.05 bits per heavy atom. The summed E-state index contributed by atoms with van der Waals surface area (Å²) in [4.78, 5) is 11.4. The zero-order valence-electron chi connectivity index (χ0n) is 12.3. The predicted octanol–water partition coefficient (Wildman–Crippen LogP) is 3.57. The highest BCUT2D eigenvalue weighted by atomic mass is 16.5. The van der Waals surface area contributed by atoms with E-state index in [1.807, 2.05) is 67.6 Å². The topological polar surface area (TPSA) is 44.1 Å². The molecule has 0 N–H and O–H groups in total. The van der Waals surface area contributed by atoms with E-state index in [4.69, 9.17) is 4.74 Å². The number of carbonyl (C=O) groups is 1. The van der Waals surface area contributed by atoms with Crippen molar-refractivity contribution in [2.45, 2.75) is 13.5 Å². The second kappa shape index (κ2) is 6.26. The standard InChI is InChI=1S/C18H16N2O2/c1-14-17(12-21)18(22-13-15-8-4-2-5-9-15)19-20(14)16-10-6-3-7-11-16/h2-12H,13H2,1H3. The molecule has 0 bridgehead atoms. The number of hydrogen-bond acceptors (Lipinski definition) is 3. The summed E-state index contributed by atoms with van der Waals surface area (Å²) in [5, 5.41) is 4.43. The Kier molecular flexibility index (Phi) is 4.01. The van der Waals surface area contributed by atoms with Crippen LogP contribution in [0.15, 0.2) is 60.7 Å². The van der Waals surface area contributed by atoms with Crippen molar-refractivity contribution in [1.82, 2.24) is 9.78 Å². The first-order valence-corrected chi connectivity index (χ1v) is 7.06. The maximum Gasteiger partial charge on any atom is 0.244 e. The van der Waals surface area contributed by atoms with E-state index in [1.54, 1.807) is 4.68 Å². The van der Waals surface area contributed by atoms with Gasteiger partial charge in [-0.25, -0.2) is 4.68 Å². The summed E-state index contributed by atoms with van der Waals surface area (Å²) in [5.74, 6) is 0.361. The molecule has 4 heteroatoms. The zero-order chi connectivity index (χ0) is 15.4. The van der Waals surface area contributed by atoms with Crippen molar-refractivity contribution in [3.05, 3.63) is 77.5 Å². The summed E-state index contributed by atoms with van der Waals surface area (Å²) in [5.41, 5.74) is 3.19. The highest BCUT2D eigenvalue weighted by Gasteiger charge is 2.16.